The average molecular weight is 358 g/mol. The predicted molar refractivity (Wildman–Crippen MR) is 112 cm³/mol. The number of hydrogen-bond acceptors (Lipinski definition) is 3. The van der Waals surface area contributed by atoms with E-state index >= 15 is 0 Å². The first kappa shape index (κ1) is 16.7. The third-order valence-electron chi connectivity index (χ3n) is 5.81. The molecule has 2 aromatic carbocycles. The molecule has 0 saturated carbocycles. The summed E-state index contributed by atoms with van der Waals surface area (Å²) in [7, 11) is 0. The molecule has 27 heavy (non-hydrogen) atoms. The molecule has 4 heteroatoms. The summed E-state index contributed by atoms with van der Waals surface area (Å²) in [6, 6.07) is 16.8. The van der Waals surface area contributed by atoms with Crippen molar-refractivity contribution in [1.29, 1.82) is 0 Å². The summed E-state index contributed by atoms with van der Waals surface area (Å²) in [5, 5.41) is 1.21. The lowest BCUT2D eigenvalue weighted by Gasteiger charge is -2.26. The number of rotatable bonds is 5. The molecule has 0 N–H and O–H groups in total. The fraction of sp³-hybridized carbons (Fsp3) is 0.391. The van der Waals surface area contributed by atoms with Crippen molar-refractivity contribution < 1.29 is 0 Å². The molecular weight excluding hydrogens is 332 g/mol. The second-order valence-corrected chi connectivity index (χ2v) is 7.66. The van der Waals surface area contributed by atoms with Crippen molar-refractivity contribution in [2.45, 2.75) is 38.6 Å². The summed E-state index contributed by atoms with van der Waals surface area (Å²) in [5.41, 5.74) is 5.24. The molecule has 5 rings (SSSR count). The number of likely N-dealkylation sites (tertiary alicyclic amines) is 1. The normalized spacial score (nSPS) is 15.9. The summed E-state index contributed by atoms with van der Waals surface area (Å²) >= 11 is 0. The average Bonchev–Trinajstić information content (AvgIpc) is 3.03. The molecule has 0 bridgehead atoms. The van der Waals surface area contributed by atoms with Gasteiger partial charge in [0.1, 0.15) is 5.52 Å². The van der Waals surface area contributed by atoms with Crippen molar-refractivity contribution >= 4 is 33.1 Å². The molecule has 2 aromatic heterocycles. The van der Waals surface area contributed by atoms with Gasteiger partial charge in [-0.2, -0.15) is 0 Å². The number of fused-ring (bicyclic) bond motifs is 4. The van der Waals surface area contributed by atoms with Gasteiger partial charge in [0, 0.05) is 11.9 Å². The predicted octanol–water partition coefficient (Wildman–Crippen LogP) is 5.00. The molecule has 0 aliphatic carbocycles. The topological polar surface area (TPSA) is 34.0 Å². The molecule has 0 spiro atoms. The maximum Gasteiger partial charge on any atom is 0.160 e. The quantitative estimate of drug-likeness (QED) is 0.471. The van der Waals surface area contributed by atoms with Crippen LogP contribution < -0.4 is 0 Å². The lowest BCUT2D eigenvalue weighted by molar-refractivity contribution is 0.224. The number of aromatic nitrogens is 3. The van der Waals surface area contributed by atoms with Gasteiger partial charge in [0.2, 0.25) is 0 Å². The lowest BCUT2D eigenvalue weighted by atomic mass is 10.1. The fourth-order valence-electron chi connectivity index (χ4n) is 4.40. The van der Waals surface area contributed by atoms with Crippen molar-refractivity contribution in [2.24, 2.45) is 0 Å². The Labute approximate surface area is 159 Å². The summed E-state index contributed by atoms with van der Waals surface area (Å²) in [6.07, 6.45) is 6.57. The van der Waals surface area contributed by atoms with E-state index in [9.17, 15) is 0 Å². The van der Waals surface area contributed by atoms with Crippen LogP contribution in [0.25, 0.3) is 33.1 Å². The second kappa shape index (κ2) is 7.28. The van der Waals surface area contributed by atoms with E-state index in [0.717, 1.165) is 28.7 Å². The van der Waals surface area contributed by atoms with Crippen LogP contribution in [-0.2, 0) is 6.54 Å². The van der Waals surface area contributed by atoms with Gasteiger partial charge in [-0.3, -0.25) is 0 Å². The zero-order valence-corrected chi connectivity index (χ0v) is 15.8. The Morgan fingerprint density at radius 3 is 2.30 bits per heavy atom. The Kier molecular flexibility index (Phi) is 4.50. The van der Waals surface area contributed by atoms with Gasteiger partial charge < -0.3 is 9.47 Å². The van der Waals surface area contributed by atoms with Crippen molar-refractivity contribution in [3.63, 3.8) is 0 Å². The largest absolute Gasteiger partial charge is 0.324 e. The van der Waals surface area contributed by atoms with Gasteiger partial charge in [0.15, 0.2) is 5.65 Å². The SMILES string of the molecule is c1ccc2nc3c(nc2c1)c1ccccc1n3CCCCN1CCCCC1. The summed E-state index contributed by atoms with van der Waals surface area (Å²) < 4.78 is 2.38. The molecule has 1 aliphatic rings. The molecule has 1 fully saturated rings. The van der Waals surface area contributed by atoms with E-state index in [4.69, 9.17) is 9.97 Å². The molecule has 1 aliphatic heterocycles. The Hall–Kier alpha value is -2.46. The molecule has 1 saturated heterocycles. The number of unbranched alkanes of at least 4 members (excludes halogenated alkanes) is 1. The van der Waals surface area contributed by atoms with Crippen LogP contribution in [0.4, 0.5) is 0 Å². The first-order chi connectivity index (χ1) is 13.4. The molecule has 138 valence electrons. The third kappa shape index (κ3) is 3.19. The van der Waals surface area contributed by atoms with Crippen LogP contribution in [0.2, 0.25) is 0 Å². The van der Waals surface area contributed by atoms with Crippen LogP contribution in [-0.4, -0.2) is 39.1 Å². The second-order valence-electron chi connectivity index (χ2n) is 7.66. The van der Waals surface area contributed by atoms with E-state index in [1.807, 2.05) is 18.2 Å². The molecule has 0 radical (unpaired) electrons. The van der Waals surface area contributed by atoms with Crippen LogP contribution in [0.15, 0.2) is 48.5 Å². The van der Waals surface area contributed by atoms with Gasteiger partial charge in [-0.1, -0.05) is 36.8 Å². The van der Waals surface area contributed by atoms with Crippen LogP contribution in [0.5, 0.6) is 0 Å². The number of para-hydroxylation sites is 3. The van der Waals surface area contributed by atoms with Crippen molar-refractivity contribution in [3.05, 3.63) is 48.5 Å². The molecule has 0 unspecified atom stereocenters. The Bertz CT molecular complexity index is 1080. The van der Waals surface area contributed by atoms with Gasteiger partial charge in [0.05, 0.1) is 16.6 Å². The zero-order valence-electron chi connectivity index (χ0n) is 15.8. The van der Waals surface area contributed by atoms with E-state index in [-0.39, 0.29) is 0 Å². The van der Waals surface area contributed by atoms with Crippen LogP contribution in [0.3, 0.4) is 0 Å². The minimum Gasteiger partial charge on any atom is -0.324 e. The smallest absolute Gasteiger partial charge is 0.160 e. The molecule has 0 atom stereocenters. The first-order valence-electron chi connectivity index (χ1n) is 10.3. The van der Waals surface area contributed by atoms with E-state index < -0.39 is 0 Å². The van der Waals surface area contributed by atoms with Gasteiger partial charge in [-0.15, -0.1) is 0 Å². The molecule has 4 aromatic rings. The van der Waals surface area contributed by atoms with E-state index in [1.165, 1.54) is 62.6 Å². The molecular formula is C23H26N4. The molecule has 0 amide bonds. The number of nitrogens with zero attached hydrogens (tertiary/aromatic N) is 4. The fourth-order valence-corrected chi connectivity index (χ4v) is 4.40. The maximum atomic E-state index is 4.97. The lowest BCUT2D eigenvalue weighted by Crippen LogP contribution is -2.30. The third-order valence-corrected chi connectivity index (χ3v) is 5.81. The van der Waals surface area contributed by atoms with Crippen molar-refractivity contribution in [1.82, 2.24) is 19.4 Å². The number of piperidine rings is 1. The first-order valence-corrected chi connectivity index (χ1v) is 10.3. The summed E-state index contributed by atoms with van der Waals surface area (Å²) in [5.74, 6) is 0. The van der Waals surface area contributed by atoms with Crippen molar-refractivity contribution in [3.8, 4) is 0 Å². The minimum absolute atomic E-state index is 0.970. The highest BCUT2D eigenvalue weighted by molar-refractivity contribution is 6.06. The highest BCUT2D eigenvalue weighted by atomic mass is 15.1. The monoisotopic (exact) mass is 358 g/mol. The minimum atomic E-state index is 0.970. The van der Waals surface area contributed by atoms with Crippen molar-refractivity contribution in [2.75, 3.05) is 19.6 Å². The van der Waals surface area contributed by atoms with Crippen LogP contribution in [0.1, 0.15) is 32.1 Å². The molecule has 4 nitrogen and oxygen atoms in total. The Morgan fingerprint density at radius 1 is 0.741 bits per heavy atom. The number of aryl methyl sites for hydroxylation is 1. The van der Waals surface area contributed by atoms with E-state index in [0.29, 0.717) is 0 Å². The maximum absolute atomic E-state index is 4.97. The highest BCUT2D eigenvalue weighted by Gasteiger charge is 2.14. The van der Waals surface area contributed by atoms with Gasteiger partial charge >= 0.3 is 0 Å². The van der Waals surface area contributed by atoms with Crippen LogP contribution >= 0.6 is 0 Å². The van der Waals surface area contributed by atoms with Gasteiger partial charge in [-0.25, -0.2) is 9.97 Å². The van der Waals surface area contributed by atoms with Gasteiger partial charge in [0.25, 0.3) is 0 Å². The Balaban J connectivity index is 1.45. The summed E-state index contributed by atoms with van der Waals surface area (Å²) in [4.78, 5) is 12.5. The number of benzene rings is 2. The van der Waals surface area contributed by atoms with Gasteiger partial charge in [-0.05, 0) is 63.5 Å². The van der Waals surface area contributed by atoms with Crippen LogP contribution in [0, 0.1) is 0 Å². The number of hydrogen-bond donors (Lipinski definition) is 0. The van der Waals surface area contributed by atoms with E-state index in [2.05, 4.69) is 39.8 Å². The zero-order chi connectivity index (χ0) is 18.1. The Morgan fingerprint density at radius 2 is 1.44 bits per heavy atom. The standard InChI is InChI=1S/C23H26N4/c1-6-14-26(15-7-1)16-8-9-17-27-21-13-5-2-10-18(21)22-23(27)25-20-12-4-3-11-19(20)24-22/h2-5,10-13H,1,6-9,14-17H2. The summed E-state index contributed by atoms with van der Waals surface area (Å²) in [6.45, 7) is 4.80. The van der Waals surface area contributed by atoms with E-state index in [1.54, 1.807) is 0 Å². The molecule has 3 heterocycles. The highest BCUT2D eigenvalue weighted by Crippen LogP contribution is 2.28.